The number of nitrogens with zero attached hydrogens (tertiary/aromatic N) is 1. The highest BCUT2D eigenvalue weighted by atomic mass is 31.1. The predicted octanol–water partition coefficient (Wildman–Crippen LogP) is 5.24. The zero-order valence-electron chi connectivity index (χ0n) is 16.8. The van der Waals surface area contributed by atoms with Crippen molar-refractivity contribution in [3.8, 4) is 0 Å². The number of hydrogen-bond acceptors (Lipinski definition) is 2. The third kappa shape index (κ3) is 4.26. The van der Waals surface area contributed by atoms with Gasteiger partial charge in [-0.2, -0.15) is 0 Å². The Hall–Kier alpha value is -2.51. The molecule has 0 fully saturated rings. The van der Waals surface area contributed by atoms with Crippen LogP contribution in [0.3, 0.4) is 0 Å². The summed E-state index contributed by atoms with van der Waals surface area (Å²) in [5.74, 6) is 0. The van der Waals surface area contributed by atoms with E-state index in [-0.39, 0.29) is 6.04 Å². The molecule has 4 aromatic rings. The van der Waals surface area contributed by atoms with Gasteiger partial charge in [-0.1, -0.05) is 97.1 Å². The number of benzene rings is 4. The van der Waals surface area contributed by atoms with Crippen LogP contribution in [-0.2, 0) is 0 Å². The van der Waals surface area contributed by atoms with Crippen LogP contribution in [0.15, 0.2) is 103 Å². The van der Waals surface area contributed by atoms with Crippen molar-refractivity contribution in [2.45, 2.75) is 19.1 Å². The molecule has 3 atom stereocenters. The van der Waals surface area contributed by atoms with Gasteiger partial charge < -0.3 is 5.11 Å². The van der Waals surface area contributed by atoms with E-state index in [2.05, 4.69) is 91.4 Å². The van der Waals surface area contributed by atoms with E-state index in [9.17, 15) is 5.11 Å². The summed E-state index contributed by atoms with van der Waals surface area (Å²) in [5.41, 5.74) is 0.952. The minimum atomic E-state index is -0.774. The van der Waals surface area contributed by atoms with Crippen LogP contribution in [0.1, 0.15) is 18.6 Å². The van der Waals surface area contributed by atoms with Gasteiger partial charge in [-0.05, 0) is 47.0 Å². The second kappa shape index (κ2) is 8.88. The molecule has 4 rings (SSSR count). The minimum Gasteiger partial charge on any atom is -0.387 e. The van der Waals surface area contributed by atoms with Gasteiger partial charge in [0.25, 0.3) is 0 Å². The third-order valence-electron chi connectivity index (χ3n) is 5.48. The first-order chi connectivity index (χ1) is 14.1. The van der Waals surface area contributed by atoms with Gasteiger partial charge in [-0.3, -0.25) is 4.67 Å². The van der Waals surface area contributed by atoms with E-state index in [4.69, 9.17) is 0 Å². The van der Waals surface area contributed by atoms with Crippen molar-refractivity contribution in [1.82, 2.24) is 4.67 Å². The molecule has 0 aliphatic heterocycles. The Morgan fingerprint density at radius 3 is 1.97 bits per heavy atom. The highest BCUT2D eigenvalue weighted by Crippen LogP contribution is 2.41. The number of aliphatic hydroxyl groups excluding tert-OH is 1. The summed E-state index contributed by atoms with van der Waals surface area (Å²) in [6.07, 6.45) is -0.546. The zero-order chi connectivity index (χ0) is 20.2. The molecule has 0 bridgehead atoms. The summed E-state index contributed by atoms with van der Waals surface area (Å²) in [6, 6.07) is 35.7. The number of rotatable bonds is 6. The van der Waals surface area contributed by atoms with E-state index < -0.39 is 14.2 Å². The molecule has 0 amide bonds. The summed E-state index contributed by atoms with van der Waals surface area (Å²) in [4.78, 5) is 0. The lowest BCUT2D eigenvalue weighted by Gasteiger charge is -2.36. The lowest BCUT2D eigenvalue weighted by Crippen LogP contribution is -2.36. The van der Waals surface area contributed by atoms with Crippen LogP contribution in [0, 0.1) is 0 Å². The van der Waals surface area contributed by atoms with Crippen LogP contribution in [0.25, 0.3) is 10.8 Å². The van der Waals surface area contributed by atoms with Crippen molar-refractivity contribution in [1.29, 1.82) is 0 Å². The van der Waals surface area contributed by atoms with Gasteiger partial charge in [-0.25, -0.2) is 0 Å². The minimum absolute atomic E-state index is 0.0322. The van der Waals surface area contributed by atoms with Gasteiger partial charge >= 0.3 is 0 Å². The van der Waals surface area contributed by atoms with Crippen LogP contribution >= 0.6 is 8.07 Å². The van der Waals surface area contributed by atoms with Gasteiger partial charge in [0.05, 0.1) is 6.10 Å². The van der Waals surface area contributed by atoms with E-state index >= 15 is 0 Å². The standard InChI is InChI=1S/C26H26NOP/c1-20(26(28)22-12-5-3-6-13-22)27(2)29(24-15-7-4-8-16-24)25-18-17-21-11-9-10-14-23(21)19-25/h3-20,26,28H,1-2H3/t20-,26-,29?/m1/s1. The van der Waals surface area contributed by atoms with E-state index in [0.717, 1.165) is 5.56 Å². The van der Waals surface area contributed by atoms with Crippen LogP contribution in [-0.4, -0.2) is 22.9 Å². The predicted molar refractivity (Wildman–Crippen MR) is 125 cm³/mol. The van der Waals surface area contributed by atoms with E-state index in [1.165, 1.54) is 21.4 Å². The average molecular weight is 399 g/mol. The fourth-order valence-corrected chi connectivity index (χ4v) is 6.16. The Labute approximate surface area is 174 Å². The highest BCUT2D eigenvalue weighted by Gasteiger charge is 2.28. The third-order valence-corrected chi connectivity index (χ3v) is 8.03. The number of hydrogen-bond donors (Lipinski definition) is 1. The Morgan fingerprint density at radius 1 is 0.690 bits per heavy atom. The first kappa shape index (κ1) is 19.8. The van der Waals surface area contributed by atoms with E-state index in [1.54, 1.807) is 0 Å². The Bertz CT molecular complexity index is 1070. The highest BCUT2D eigenvalue weighted by molar-refractivity contribution is 7.70. The molecule has 0 aromatic heterocycles. The zero-order valence-corrected chi connectivity index (χ0v) is 17.7. The average Bonchev–Trinajstić information content (AvgIpc) is 2.79. The first-order valence-corrected chi connectivity index (χ1v) is 11.2. The lowest BCUT2D eigenvalue weighted by atomic mass is 10.0. The van der Waals surface area contributed by atoms with Crippen molar-refractivity contribution < 1.29 is 5.11 Å². The molecular formula is C26H26NOP. The lowest BCUT2D eigenvalue weighted by molar-refractivity contribution is 0.111. The molecule has 4 aromatic carbocycles. The Morgan fingerprint density at radius 2 is 1.28 bits per heavy atom. The van der Waals surface area contributed by atoms with Gasteiger partial charge in [0, 0.05) is 14.1 Å². The molecule has 0 aliphatic rings. The van der Waals surface area contributed by atoms with Gasteiger partial charge in [0.1, 0.15) is 0 Å². The van der Waals surface area contributed by atoms with Crippen LogP contribution < -0.4 is 10.6 Å². The monoisotopic (exact) mass is 399 g/mol. The maximum atomic E-state index is 11.0. The maximum absolute atomic E-state index is 11.0. The van der Waals surface area contributed by atoms with Crippen molar-refractivity contribution in [2.75, 3.05) is 7.05 Å². The SMILES string of the molecule is C[C@H]([C@@H](O)c1ccccc1)N(C)P(c1ccccc1)c1ccc2ccccc2c1. The smallest absolute Gasteiger partial charge is 0.0945 e. The van der Waals surface area contributed by atoms with E-state index in [0.29, 0.717) is 0 Å². The van der Waals surface area contributed by atoms with Crippen molar-refractivity contribution >= 4 is 29.5 Å². The maximum Gasteiger partial charge on any atom is 0.0945 e. The van der Waals surface area contributed by atoms with Crippen molar-refractivity contribution in [3.63, 3.8) is 0 Å². The molecule has 0 saturated carbocycles. The number of aliphatic hydroxyl groups is 1. The van der Waals surface area contributed by atoms with Crippen LogP contribution in [0.2, 0.25) is 0 Å². The Balaban J connectivity index is 1.74. The summed E-state index contributed by atoms with van der Waals surface area (Å²) >= 11 is 0. The summed E-state index contributed by atoms with van der Waals surface area (Å²) < 4.78 is 2.34. The molecule has 0 heterocycles. The van der Waals surface area contributed by atoms with Crippen LogP contribution in [0.4, 0.5) is 0 Å². The van der Waals surface area contributed by atoms with Crippen molar-refractivity contribution in [3.05, 3.63) is 109 Å². The summed E-state index contributed by atoms with van der Waals surface area (Å²) in [5, 5.41) is 16.1. The van der Waals surface area contributed by atoms with Gasteiger partial charge in [0.15, 0.2) is 0 Å². The molecule has 1 unspecified atom stereocenters. The van der Waals surface area contributed by atoms with Gasteiger partial charge in [0.2, 0.25) is 0 Å². The Kier molecular flexibility index (Phi) is 6.06. The molecular weight excluding hydrogens is 373 g/mol. The molecule has 1 N–H and O–H groups in total. The van der Waals surface area contributed by atoms with Crippen molar-refractivity contribution in [2.24, 2.45) is 0 Å². The molecule has 0 saturated heterocycles. The molecule has 2 nitrogen and oxygen atoms in total. The first-order valence-electron chi connectivity index (χ1n) is 9.95. The molecule has 3 heteroatoms. The second-order valence-corrected chi connectivity index (χ2v) is 9.64. The van der Waals surface area contributed by atoms with Crippen LogP contribution in [0.5, 0.6) is 0 Å². The normalized spacial score (nSPS) is 14.6. The molecule has 0 aliphatic carbocycles. The van der Waals surface area contributed by atoms with Gasteiger partial charge in [-0.15, -0.1) is 0 Å². The number of likely N-dealkylation sites (N-methyl/N-ethyl adjacent to an activating group) is 1. The second-order valence-electron chi connectivity index (χ2n) is 7.35. The quantitative estimate of drug-likeness (QED) is 0.448. The number of fused-ring (bicyclic) bond motifs is 1. The molecule has 29 heavy (non-hydrogen) atoms. The molecule has 146 valence electrons. The fraction of sp³-hybridized carbons (Fsp3) is 0.154. The topological polar surface area (TPSA) is 23.5 Å². The summed E-state index contributed by atoms with van der Waals surface area (Å²) in [6.45, 7) is 2.11. The largest absolute Gasteiger partial charge is 0.387 e. The fourth-order valence-electron chi connectivity index (χ4n) is 3.71. The molecule has 0 spiro atoms. The molecule has 0 radical (unpaired) electrons. The summed E-state index contributed by atoms with van der Waals surface area (Å²) in [7, 11) is 1.36. The van der Waals surface area contributed by atoms with E-state index in [1.807, 2.05) is 30.3 Å².